The number of carbonyl (C=O) groups is 1. The SMILES string of the molecule is O=C(Cc1ccncc1)N1CCC(c2c[nH]c3cccnc23)CC1. The van der Waals surface area contributed by atoms with Crippen molar-refractivity contribution in [2.45, 2.75) is 25.2 Å². The molecule has 0 atom stereocenters. The third-order valence-electron chi connectivity index (χ3n) is 4.86. The molecule has 122 valence electrons. The number of fused-ring (bicyclic) bond motifs is 1. The van der Waals surface area contributed by atoms with E-state index in [4.69, 9.17) is 0 Å². The number of aromatic nitrogens is 3. The molecule has 1 fully saturated rings. The molecule has 0 aromatic carbocycles. The van der Waals surface area contributed by atoms with Crippen LogP contribution in [0.3, 0.4) is 0 Å². The molecule has 0 saturated carbocycles. The number of nitrogens with zero attached hydrogens (tertiary/aromatic N) is 3. The summed E-state index contributed by atoms with van der Waals surface area (Å²) in [5, 5.41) is 0. The fourth-order valence-corrected chi connectivity index (χ4v) is 3.51. The van der Waals surface area contributed by atoms with E-state index < -0.39 is 0 Å². The van der Waals surface area contributed by atoms with E-state index in [2.05, 4.69) is 27.2 Å². The first kappa shape index (κ1) is 14.9. The predicted octanol–water partition coefficient (Wildman–Crippen LogP) is 2.91. The van der Waals surface area contributed by atoms with E-state index >= 15 is 0 Å². The number of hydrogen-bond donors (Lipinski definition) is 1. The van der Waals surface area contributed by atoms with Crippen LogP contribution in [0.15, 0.2) is 49.1 Å². The maximum Gasteiger partial charge on any atom is 0.226 e. The zero-order valence-corrected chi connectivity index (χ0v) is 13.5. The minimum atomic E-state index is 0.205. The normalized spacial score (nSPS) is 15.8. The average Bonchev–Trinajstić information content (AvgIpc) is 3.07. The van der Waals surface area contributed by atoms with Crippen LogP contribution in [0.1, 0.15) is 29.9 Å². The lowest BCUT2D eigenvalue weighted by molar-refractivity contribution is -0.131. The van der Waals surface area contributed by atoms with Crippen molar-refractivity contribution in [2.75, 3.05) is 13.1 Å². The highest BCUT2D eigenvalue weighted by Gasteiger charge is 2.25. The second kappa shape index (κ2) is 6.43. The van der Waals surface area contributed by atoms with Gasteiger partial charge in [-0.3, -0.25) is 14.8 Å². The van der Waals surface area contributed by atoms with Gasteiger partial charge in [-0.05, 0) is 54.2 Å². The molecule has 3 aromatic heterocycles. The lowest BCUT2D eigenvalue weighted by atomic mass is 9.90. The summed E-state index contributed by atoms with van der Waals surface area (Å²) in [6.07, 6.45) is 9.83. The van der Waals surface area contributed by atoms with E-state index in [1.807, 2.05) is 29.3 Å². The number of amides is 1. The van der Waals surface area contributed by atoms with Gasteiger partial charge in [-0.2, -0.15) is 0 Å². The summed E-state index contributed by atoms with van der Waals surface area (Å²) in [4.78, 5) is 26.3. The van der Waals surface area contributed by atoms with Crippen molar-refractivity contribution in [3.8, 4) is 0 Å². The molecule has 1 saturated heterocycles. The minimum absolute atomic E-state index is 0.205. The standard InChI is InChI=1S/C19H20N4O/c24-18(12-14-3-8-20-9-4-14)23-10-5-15(6-11-23)16-13-22-17-2-1-7-21-19(16)17/h1-4,7-9,13,15,22H,5-6,10-12H2. The lowest BCUT2D eigenvalue weighted by Gasteiger charge is -2.32. The second-order valence-electron chi connectivity index (χ2n) is 6.33. The highest BCUT2D eigenvalue weighted by Crippen LogP contribution is 2.32. The van der Waals surface area contributed by atoms with Crippen LogP contribution in [-0.2, 0) is 11.2 Å². The summed E-state index contributed by atoms with van der Waals surface area (Å²) in [6.45, 7) is 1.63. The third-order valence-corrected chi connectivity index (χ3v) is 4.86. The molecule has 4 rings (SSSR count). The molecule has 1 aliphatic rings. The van der Waals surface area contributed by atoms with E-state index in [1.165, 1.54) is 5.56 Å². The average molecular weight is 320 g/mol. The second-order valence-corrected chi connectivity index (χ2v) is 6.33. The van der Waals surface area contributed by atoms with Crippen molar-refractivity contribution in [1.29, 1.82) is 0 Å². The summed E-state index contributed by atoms with van der Waals surface area (Å²) in [5.74, 6) is 0.676. The maximum absolute atomic E-state index is 12.5. The van der Waals surface area contributed by atoms with Crippen LogP contribution in [0.4, 0.5) is 0 Å². The molecule has 0 unspecified atom stereocenters. The number of likely N-dealkylation sites (tertiary alicyclic amines) is 1. The molecular formula is C19H20N4O. The summed E-state index contributed by atoms with van der Waals surface area (Å²) in [7, 11) is 0. The Morgan fingerprint density at radius 3 is 2.75 bits per heavy atom. The van der Waals surface area contributed by atoms with Gasteiger partial charge in [0.1, 0.15) is 0 Å². The number of H-pyrrole nitrogens is 1. The van der Waals surface area contributed by atoms with E-state index in [1.54, 1.807) is 12.4 Å². The zero-order chi connectivity index (χ0) is 16.4. The van der Waals surface area contributed by atoms with Crippen LogP contribution >= 0.6 is 0 Å². The Kier molecular flexibility index (Phi) is 3.99. The van der Waals surface area contributed by atoms with Crippen molar-refractivity contribution < 1.29 is 4.79 Å². The molecule has 0 spiro atoms. The lowest BCUT2D eigenvalue weighted by Crippen LogP contribution is -2.38. The van der Waals surface area contributed by atoms with Gasteiger partial charge >= 0.3 is 0 Å². The quantitative estimate of drug-likeness (QED) is 0.807. The Bertz CT molecular complexity index is 835. The Morgan fingerprint density at radius 2 is 1.96 bits per heavy atom. The van der Waals surface area contributed by atoms with E-state index in [0.29, 0.717) is 12.3 Å². The Balaban J connectivity index is 1.41. The van der Waals surface area contributed by atoms with Gasteiger partial charge in [-0.15, -0.1) is 0 Å². The van der Waals surface area contributed by atoms with Crippen molar-refractivity contribution in [3.63, 3.8) is 0 Å². The number of nitrogens with one attached hydrogen (secondary N) is 1. The summed E-state index contributed by atoms with van der Waals surface area (Å²) in [5.41, 5.74) is 4.47. The van der Waals surface area contributed by atoms with Crippen LogP contribution < -0.4 is 0 Å². The largest absolute Gasteiger partial charge is 0.360 e. The molecule has 0 radical (unpaired) electrons. The van der Waals surface area contributed by atoms with Crippen molar-refractivity contribution in [3.05, 3.63) is 60.2 Å². The fraction of sp³-hybridized carbons (Fsp3) is 0.316. The number of rotatable bonds is 3. The molecule has 0 aliphatic carbocycles. The molecule has 1 amide bonds. The molecule has 5 heteroatoms. The molecule has 1 N–H and O–H groups in total. The van der Waals surface area contributed by atoms with Gasteiger partial charge in [0, 0.05) is 37.9 Å². The number of hydrogen-bond acceptors (Lipinski definition) is 3. The van der Waals surface area contributed by atoms with Gasteiger partial charge < -0.3 is 9.88 Å². The molecule has 1 aliphatic heterocycles. The number of piperidine rings is 1. The molecule has 3 aromatic rings. The van der Waals surface area contributed by atoms with Gasteiger partial charge in [-0.25, -0.2) is 0 Å². The zero-order valence-electron chi connectivity index (χ0n) is 13.5. The Labute approximate surface area is 140 Å². The smallest absolute Gasteiger partial charge is 0.226 e. The number of aromatic amines is 1. The van der Waals surface area contributed by atoms with E-state index in [-0.39, 0.29) is 5.91 Å². The van der Waals surface area contributed by atoms with Gasteiger partial charge in [-0.1, -0.05) is 0 Å². The van der Waals surface area contributed by atoms with Gasteiger partial charge in [0.15, 0.2) is 0 Å². The summed E-state index contributed by atoms with van der Waals surface area (Å²) >= 11 is 0. The molecular weight excluding hydrogens is 300 g/mol. The highest BCUT2D eigenvalue weighted by molar-refractivity contribution is 5.80. The number of carbonyl (C=O) groups excluding carboxylic acids is 1. The summed E-state index contributed by atoms with van der Waals surface area (Å²) in [6, 6.07) is 7.81. The Morgan fingerprint density at radius 1 is 1.17 bits per heavy atom. The summed E-state index contributed by atoms with van der Waals surface area (Å²) < 4.78 is 0. The van der Waals surface area contributed by atoms with Crippen molar-refractivity contribution >= 4 is 16.9 Å². The van der Waals surface area contributed by atoms with Gasteiger partial charge in [0.25, 0.3) is 0 Å². The topological polar surface area (TPSA) is 61.9 Å². The van der Waals surface area contributed by atoms with Gasteiger partial charge in [0.05, 0.1) is 17.5 Å². The first-order chi connectivity index (χ1) is 11.8. The predicted molar refractivity (Wildman–Crippen MR) is 92.6 cm³/mol. The first-order valence-electron chi connectivity index (χ1n) is 8.40. The van der Waals surface area contributed by atoms with Crippen LogP contribution in [0, 0.1) is 0 Å². The van der Waals surface area contributed by atoms with Crippen molar-refractivity contribution in [2.24, 2.45) is 0 Å². The number of pyridine rings is 2. The Hall–Kier alpha value is -2.69. The van der Waals surface area contributed by atoms with Crippen LogP contribution in [0.25, 0.3) is 11.0 Å². The van der Waals surface area contributed by atoms with Crippen LogP contribution in [0.5, 0.6) is 0 Å². The molecule has 0 bridgehead atoms. The minimum Gasteiger partial charge on any atom is -0.360 e. The molecule has 5 nitrogen and oxygen atoms in total. The highest BCUT2D eigenvalue weighted by atomic mass is 16.2. The third kappa shape index (κ3) is 2.89. The van der Waals surface area contributed by atoms with E-state index in [0.717, 1.165) is 42.5 Å². The monoisotopic (exact) mass is 320 g/mol. The van der Waals surface area contributed by atoms with Crippen molar-refractivity contribution in [1.82, 2.24) is 19.9 Å². The van der Waals surface area contributed by atoms with Crippen LogP contribution in [0.2, 0.25) is 0 Å². The maximum atomic E-state index is 12.5. The van der Waals surface area contributed by atoms with Crippen LogP contribution in [-0.4, -0.2) is 38.8 Å². The molecule has 4 heterocycles. The van der Waals surface area contributed by atoms with Gasteiger partial charge in [0.2, 0.25) is 5.91 Å². The van der Waals surface area contributed by atoms with E-state index in [9.17, 15) is 4.79 Å². The first-order valence-corrected chi connectivity index (χ1v) is 8.40. The molecule has 24 heavy (non-hydrogen) atoms. The fourth-order valence-electron chi connectivity index (χ4n) is 3.51.